The minimum Gasteiger partial charge on any atom is -0.394 e. The lowest BCUT2D eigenvalue weighted by Gasteiger charge is -2.23. The van der Waals surface area contributed by atoms with Gasteiger partial charge in [0.2, 0.25) is 5.95 Å². The molecule has 0 aromatic carbocycles. The molecule has 2 saturated heterocycles. The Kier molecular flexibility index (Phi) is 4.00. The quantitative estimate of drug-likeness (QED) is 0.577. The second-order valence-electron chi connectivity index (χ2n) is 6.99. The number of aromatic nitrogens is 4. The molecule has 0 amide bonds. The number of ether oxygens (including phenoxy) is 3. The van der Waals surface area contributed by atoms with E-state index in [9.17, 15) is 14.7 Å². The van der Waals surface area contributed by atoms with Crippen molar-refractivity contribution in [2.45, 2.75) is 50.7 Å². The van der Waals surface area contributed by atoms with E-state index in [1.54, 1.807) is 13.8 Å². The fourth-order valence-electron chi connectivity index (χ4n) is 3.74. The number of nitrogens with one attached hydrogen (secondary N) is 1. The SMILES string of the molecule is C=CCn1c(=O)n([C@@H]2O[C@H](CO)[C@H]3OC(C)(C)O[C@H]32)c2nc(N)[nH]c(=O)c21. The number of aromatic amines is 1. The van der Waals surface area contributed by atoms with Gasteiger partial charge in [-0.25, -0.2) is 9.36 Å². The summed E-state index contributed by atoms with van der Waals surface area (Å²) >= 11 is 0. The van der Waals surface area contributed by atoms with E-state index in [2.05, 4.69) is 16.5 Å². The third kappa shape index (κ3) is 2.62. The number of hydrogen-bond acceptors (Lipinski definition) is 8. The van der Waals surface area contributed by atoms with Crippen molar-refractivity contribution in [2.24, 2.45) is 0 Å². The third-order valence-corrected chi connectivity index (χ3v) is 4.70. The first-order valence-corrected chi connectivity index (χ1v) is 8.51. The van der Waals surface area contributed by atoms with Gasteiger partial charge >= 0.3 is 5.69 Å². The summed E-state index contributed by atoms with van der Waals surface area (Å²) in [6.45, 7) is 6.88. The Morgan fingerprint density at radius 3 is 2.74 bits per heavy atom. The van der Waals surface area contributed by atoms with Crippen molar-refractivity contribution in [3.63, 3.8) is 0 Å². The van der Waals surface area contributed by atoms with Crippen LogP contribution in [0.3, 0.4) is 0 Å². The molecule has 0 spiro atoms. The van der Waals surface area contributed by atoms with Crippen molar-refractivity contribution >= 4 is 17.1 Å². The van der Waals surface area contributed by atoms with Gasteiger partial charge in [0.25, 0.3) is 5.56 Å². The van der Waals surface area contributed by atoms with E-state index in [1.807, 2.05) is 0 Å². The normalized spacial score (nSPS) is 29.3. The molecule has 4 atom stereocenters. The van der Waals surface area contributed by atoms with Gasteiger partial charge < -0.3 is 25.1 Å². The molecule has 0 unspecified atom stereocenters. The number of H-pyrrole nitrogens is 1. The molecule has 27 heavy (non-hydrogen) atoms. The van der Waals surface area contributed by atoms with Crippen molar-refractivity contribution in [3.05, 3.63) is 33.5 Å². The molecular formula is C16H21N5O6. The standard InChI is InChI=1S/C16H21N5O6/c1-4-5-20-8-11(18-14(17)19-12(8)23)21(15(20)24)13-10-9(7(6-22)25-13)26-16(2,3)27-10/h4,7,9-10,13,22H,1,5-6H2,2-3H3,(H3,17,18,19,23)/t7-,9-,10-,13-/m1/s1. The van der Waals surface area contributed by atoms with Gasteiger partial charge in [0.05, 0.1) is 6.61 Å². The van der Waals surface area contributed by atoms with Crippen molar-refractivity contribution in [1.29, 1.82) is 0 Å². The average Bonchev–Trinajstić information content (AvgIpc) is 3.15. The first kappa shape index (κ1) is 17.9. The Morgan fingerprint density at radius 1 is 1.37 bits per heavy atom. The van der Waals surface area contributed by atoms with Crippen molar-refractivity contribution < 1.29 is 19.3 Å². The minimum atomic E-state index is -0.941. The lowest BCUT2D eigenvalue weighted by molar-refractivity contribution is -0.200. The fourth-order valence-corrected chi connectivity index (χ4v) is 3.74. The summed E-state index contributed by atoms with van der Waals surface area (Å²) in [4.78, 5) is 32.0. The topological polar surface area (TPSA) is 147 Å². The van der Waals surface area contributed by atoms with Gasteiger partial charge in [0, 0.05) is 6.54 Å². The van der Waals surface area contributed by atoms with Crippen LogP contribution in [-0.4, -0.2) is 54.9 Å². The van der Waals surface area contributed by atoms with Crippen LogP contribution in [0.5, 0.6) is 0 Å². The predicted octanol–water partition coefficient (Wildman–Crippen LogP) is -0.936. The van der Waals surface area contributed by atoms with Crippen LogP contribution in [-0.2, 0) is 20.8 Å². The highest BCUT2D eigenvalue weighted by Gasteiger charge is 2.56. The first-order chi connectivity index (χ1) is 12.8. The Bertz CT molecular complexity index is 1020. The van der Waals surface area contributed by atoms with Crippen LogP contribution in [0.15, 0.2) is 22.2 Å². The molecule has 11 nitrogen and oxygen atoms in total. The van der Waals surface area contributed by atoms with Crippen LogP contribution < -0.4 is 17.0 Å². The maximum absolute atomic E-state index is 13.1. The Hall–Kier alpha value is -2.47. The van der Waals surface area contributed by atoms with Gasteiger partial charge in [-0.2, -0.15) is 4.98 Å². The number of imidazole rings is 1. The molecule has 2 aromatic heterocycles. The van der Waals surface area contributed by atoms with Crippen molar-refractivity contribution in [1.82, 2.24) is 19.1 Å². The highest BCUT2D eigenvalue weighted by Crippen LogP contribution is 2.43. The van der Waals surface area contributed by atoms with Crippen molar-refractivity contribution in [2.75, 3.05) is 12.3 Å². The van der Waals surface area contributed by atoms with E-state index in [1.165, 1.54) is 15.2 Å². The Morgan fingerprint density at radius 2 is 2.07 bits per heavy atom. The van der Waals surface area contributed by atoms with Gasteiger partial charge in [0.1, 0.15) is 18.3 Å². The Labute approximate surface area is 153 Å². The number of nitrogens with two attached hydrogens (primary N) is 1. The third-order valence-electron chi connectivity index (χ3n) is 4.70. The molecule has 11 heteroatoms. The van der Waals surface area contributed by atoms with Crippen LogP contribution in [0.2, 0.25) is 0 Å². The lowest BCUT2D eigenvalue weighted by atomic mass is 10.1. The summed E-state index contributed by atoms with van der Waals surface area (Å²) in [7, 11) is 0. The molecule has 4 N–H and O–H groups in total. The summed E-state index contributed by atoms with van der Waals surface area (Å²) in [5.74, 6) is -1.04. The zero-order valence-corrected chi connectivity index (χ0v) is 14.9. The number of anilines is 1. The highest BCUT2D eigenvalue weighted by molar-refractivity contribution is 5.71. The number of rotatable bonds is 4. The van der Waals surface area contributed by atoms with Gasteiger partial charge in [0.15, 0.2) is 23.2 Å². The van der Waals surface area contributed by atoms with E-state index in [0.717, 1.165) is 0 Å². The second-order valence-corrected chi connectivity index (χ2v) is 6.99. The number of nitrogens with zero attached hydrogens (tertiary/aromatic N) is 3. The van der Waals surface area contributed by atoms with E-state index in [4.69, 9.17) is 19.9 Å². The zero-order chi connectivity index (χ0) is 19.5. The van der Waals surface area contributed by atoms with E-state index in [0.29, 0.717) is 0 Å². The van der Waals surface area contributed by atoms with E-state index >= 15 is 0 Å². The van der Waals surface area contributed by atoms with Gasteiger partial charge in [-0.05, 0) is 13.8 Å². The summed E-state index contributed by atoms with van der Waals surface area (Å²) < 4.78 is 20.0. The number of allylic oxidation sites excluding steroid dienone is 1. The maximum Gasteiger partial charge on any atom is 0.333 e. The number of aliphatic hydroxyl groups excluding tert-OH is 1. The van der Waals surface area contributed by atoms with Gasteiger partial charge in [-0.1, -0.05) is 6.08 Å². The van der Waals surface area contributed by atoms with Crippen LogP contribution in [0.4, 0.5) is 5.95 Å². The second kappa shape index (κ2) is 6.02. The average molecular weight is 379 g/mol. The molecule has 4 heterocycles. The van der Waals surface area contributed by atoms with Gasteiger partial charge in [-0.3, -0.25) is 14.3 Å². The number of nitrogen functional groups attached to an aromatic ring is 1. The predicted molar refractivity (Wildman–Crippen MR) is 94.0 cm³/mol. The van der Waals surface area contributed by atoms with Gasteiger partial charge in [-0.15, -0.1) is 6.58 Å². The van der Waals surface area contributed by atoms with Crippen LogP contribution in [0, 0.1) is 0 Å². The van der Waals surface area contributed by atoms with Crippen LogP contribution in [0.25, 0.3) is 11.2 Å². The first-order valence-electron chi connectivity index (χ1n) is 8.51. The Balaban J connectivity index is 1.94. The number of fused-ring (bicyclic) bond motifs is 2. The fraction of sp³-hybridized carbons (Fsp3) is 0.562. The molecule has 2 fully saturated rings. The summed E-state index contributed by atoms with van der Waals surface area (Å²) in [6, 6.07) is 0. The molecule has 0 bridgehead atoms. The highest BCUT2D eigenvalue weighted by atomic mass is 16.8. The molecule has 2 aliphatic rings. The summed E-state index contributed by atoms with van der Waals surface area (Å²) in [6.07, 6.45) is -1.37. The monoisotopic (exact) mass is 379 g/mol. The molecule has 0 aliphatic carbocycles. The molecular weight excluding hydrogens is 358 g/mol. The maximum atomic E-state index is 13.1. The number of aliphatic hydroxyl groups is 1. The van der Waals surface area contributed by atoms with E-state index in [-0.39, 0.29) is 30.3 Å². The molecule has 0 radical (unpaired) electrons. The summed E-state index contributed by atoms with van der Waals surface area (Å²) in [5.41, 5.74) is 4.73. The summed E-state index contributed by atoms with van der Waals surface area (Å²) in [5, 5.41) is 9.65. The molecule has 2 aromatic rings. The zero-order valence-electron chi connectivity index (χ0n) is 14.9. The molecule has 2 aliphatic heterocycles. The number of hydrogen-bond donors (Lipinski definition) is 3. The largest absolute Gasteiger partial charge is 0.394 e. The van der Waals surface area contributed by atoms with E-state index < -0.39 is 41.6 Å². The van der Waals surface area contributed by atoms with Crippen molar-refractivity contribution in [3.8, 4) is 0 Å². The smallest absolute Gasteiger partial charge is 0.333 e. The lowest BCUT2D eigenvalue weighted by Crippen LogP contribution is -2.34. The molecule has 146 valence electrons. The van der Waals surface area contributed by atoms with Crippen LogP contribution >= 0.6 is 0 Å². The van der Waals surface area contributed by atoms with Crippen LogP contribution in [0.1, 0.15) is 20.1 Å². The molecule has 0 saturated carbocycles. The minimum absolute atomic E-state index is 0.0554. The molecule has 4 rings (SSSR count).